The molecule has 0 unspecified atom stereocenters. The SMILES string of the molecule is O=C(N[C@H](CCO)C(=O)O)C1=Cc2cc(Cl)ccc2OC1. The van der Waals surface area contributed by atoms with Gasteiger partial charge in [0, 0.05) is 23.6 Å². The number of carbonyl (C=O) groups excluding carboxylic acids is 1. The van der Waals surface area contributed by atoms with Crippen molar-refractivity contribution in [3.63, 3.8) is 0 Å². The number of hydrogen-bond donors (Lipinski definition) is 3. The van der Waals surface area contributed by atoms with E-state index in [1.807, 2.05) is 0 Å². The number of carboxylic acids is 1. The van der Waals surface area contributed by atoms with Crippen LogP contribution in [0, 0.1) is 0 Å². The van der Waals surface area contributed by atoms with Crippen LogP contribution in [0.1, 0.15) is 12.0 Å². The molecule has 2 rings (SSSR count). The van der Waals surface area contributed by atoms with Gasteiger partial charge in [-0.05, 0) is 24.3 Å². The van der Waals surface area contributed by atoms with Crippen LogP contribution < -0.4 is 10.1 Å². The summed E-state index contributed by atoms with van der Waals surface area (Å²) in [5.41, 5.74) is 0.960. The number of amides is 1. The lowest BCUT2D eigenvalue weighted by atomic mass is 10.1. The zero-order chi connectivity index (χ0) is 15.4. The summed E-state index contributed by atoms with van der Waals surface area (Å²) >= 11 is 5.88. The first-order chi connectivity index (χ1) is 10.0. The highest BCUT2D eigenvalue weighted by atomic mass is 35.5. The molecule has 1 aromatic rings. The molecule has 0 aliphatic carbocycles. The van der Waals surface area contributed by atoms with Crippen molar-refractivity contribution in [3.05, 3.63) is 34.4 Å². The van der Waals surface area contributed by atoms with Crippen LogP contribution in [0.25, 0.3) is 6.08 Å². The largest absolute Gasteiger partial charge is 0.488 e. The van der Waals surface area contributed by atoms with Gasteiger partial charge in [-0.2, -0.15) is 0 Å². The smallest absolute Gasteiger partial charge is 0.326 e. The number of benzene rings is 1. The predicted molar refractivity (Wildman–Crippen MR) is 76.2 cm³/mol. The van der Waals surface area contributed by atoms with Crippen molar-refractivity contribution in [2.24, 2.45) is 0 Å². The fourth-order valence-electron chi connectivity index (χ4n) is 1.92. The van der Waals surface area contributed by atoms with Crippen LogP contribution >= 0.6 is 11.6 Å². The van der Waals surface area contributed by atoms with E-state index >= 15 is 0 Å². The zero-order valence-electron chi connectivity index (χ0n) is 11.0. The van der Waals surface area contributed by atoms with E-state index < -0.39 is 17.9 Å². The summed E-state index contributed by atoms with van der Waals surface area (Å²) in [4.78, 5) is 23.0. The van der Waals surface area contributed by atoms with Crippen LogP contribution in [0.15, 0.2) is 23.8 Å². The molecule has 1 heterocycles. The molecule has 1 atom stereocenters. The molecule has 1 aliphatic rings. The van der Waals surface area contributed by atoms with Gasteiger partial charge in [0.15, 0.2) is 0 Å². The molecule has 0 saturated carbocycles. The maximum atomic E-state index is 12.0. The van der Waals surface area contributed by atoms with Crippen LogP contribution in [0.5, 0.6) is 5.75 Å². The Morgan fingerprint density at radius 1 is 1.43 bits per heavy atom. The molecular weight excluding hydrogens is 298 g/mol. The number of nitrogens with one attached hydrogen (secondary N) is 1. The highest BCUT2D eigenvalue weighted by Crippen LogP contribution is 2.28. The second-order valence-electron chi connectivity index (χ2n) is 4.52. The third kappa shape index (κ3) is 3.74. The van der Waals surface area contributed by atoms with Gasteiger partial charge in [0.2, 0.25) is 0 Å². The number of fused-ring (bicyclic) bond motifs is 1. The third-order valence-corrected chi connectivity index (χ3v) is 3.23. The Bertz CT molecular complexity index is 599. The van der Waals surface area contributed by atoms with E-state index in [-0.39, 0.29) is 19.6 Å². The minimum Gasteiger partial charge on any atom is -0.488 e. The number of rotatable bonds is 5. The summed E-state index contributed by atoms with van der Waals surface area (Å²) in [7, 11) is 0. The predicted octanol–water partition coefficient (Wildman–Crippen LogP) is 1.07. The molecule has 1 aromatic carbocycles. The maximum Gasteiger partial charge on any atom is 0.326 e. The van der Waals surface area contributed by atoms with Crippen molar-refractivity contribution < 1.29 is 24.5 Å². The maximum absolute atomic E-state index is 12.0. The lowest BCUT2D eigenvalue weighted by Crippen LogP contribution is -2.42. The first-order valence-corrected chi connectivity index (χ1v) is 6.66. The summed E-state index contributed by atoms with van der Waals surface area (Å²) in [5.74, 6) is -1.12. The molecule has 1 amide bonds. The van der Waals surface area contributed by atoms with Gasteiger partial charge < -0.3 is 20.3 Å². The van der Waals surface area contributed by atoms with E-state index in [1.54, 1.807) is 24.3 Å². The molecule has 7 heteroatoms. The Labute approximate surface area is 126 Å². The molecular formula is C14H14ClNO5. The first-order valence-electron chi connectivity index (χ1n) is 6.28. The fourth-order valence-corrected chi connectivity index (χ4v) is 2.10. The number of carboxylic acid groups (broad SMARTS) is 1. The van der Waals surface area contributed by atoms with Crippen LogP contribution in [-0.2, 0) is 9.59 Å². The number of aliphatic hydroxyl groups excluding tert-OH is 1. The zero-order valence-corrected chi connectivity index (χ0v) is 11.8. The Hall–Kier alpha value is -2.05. The number of halogens is 1. The minimum absolute atomic E-state index is 0.0475. The third-order valence-electron chi connectivity index (χ3n) is 3.00. The number of carbonyl (C=O) groups is 2. The molecule has 1 aliphatic heterocycles. The summed E-state index contributed by atoms with van der Waals surface area (Å²) in [6.07, 6.45) is 1.55. The van der Waals surface area contributed by atoms with Gasteiger partial charge in [0.05, 0.1) is 5.57 Å². The van der Waals surface area contributed by atoms with Gasteiger partial charge in [-0.15, -0.1) is 0 Å². The monoisotopic (exact) mass is 311 g/mol. The average molecular weight is 312 g/mol. The summed E-state index contributed by atoms with van der Waals surface area (Å²) in [6, 6.07) is 3.91. The van der Waals surface area contributed by atoms with Gasteiger partial charge in [0.25, 0.3) is 5.91 Å². The number of aliphatic carboxylic acids is 1. The van der Waals surface area contributed by atoms with E-state index in [4.69, 9.17) is 26.6 Å². The highest BCUT2D eigenvalue weighted by molar-refractivity contribution is 6.30. The molecule has 0 saturated heterocycles. The molecule has 112 valence electrons. The Morgan fingerprint density at radius 3 is 2.86 bits per heavy atom. The lowest BCUT2D eigenvalue weighted by molar-refractivity contribution is -0.141. The van der Waals surface area contributed by atoms with Crippen LogP contribution in [0.4, 0.5) is 0 Å². The van der Waals surface area contributed by atoms with E-state index in [1.165, 1.54) is 0 Å². The van der Waals surface area contributed by atoms with Gasteiger partial charge in [-0.1, -0.05) is 11.6 Å². The number of aliphatic hydroxyl groups is 1. The second-order valence-corrected chi connectivity index (χ2v) is 4.95. The lowest BCUT2D eigenvalue weighted by Gasteiger charge is -2.19. The first kappa shape index (κ1) is 15.3. The number of hydrogen-bond acceptors (Lipinski definition) is 4. The summed E-state index contributed by atoms with van der Waals surface area (Å²) in [6.45, 7) is -0.281. The molecule has 21 heavy (non-hydrogen) atoms. The van der Waals surface area contributed by atoms with Crippen LogP contribution in [0.2, 0.25) is 5.02 Å². The van der Waals surface area contributed by atoms with Gasteiger partial charge in [0.1, 0.15) is 18.4 Å². The van der Waals surface area contributed by atoms with Crippen molar-refractivity contribution in [2.75, 3.05) is 13.2 Å². The van der Waals surface area contributed by atoms with E-state index in [0.717, 1.165) is 0 Å². The van der Waals surface area contributed by atoms with Crippen molar-refractivity contribution in [1.29, 1.82) is 0 Å². The Kier molecular flexibility index (Phi) is 4.82. The van der Waals surface area contributed by atoms with Crippen molar-refractivity contribution in [3.8, 4) is 5.75 Å². The summed E-state index contributed by atoms with van der Waals surface area (Å²) < 4.78 is 5.43. The van der Waals surface area contributed by atoms with Crippen LogP contribution in [0.3, 0.4) is 0 Å². The van der Waals surface area contributed by atoms with E-state index in [0.29, 0.717) is 21.9 Å². The van der Waals surface area contributed by atoms with Gasteiger partial charge in [-0.3, -0.25) is 4.79 Å². The van der Waals surface area contributed by atoms with Crippen molar-refractivity contribution in [2.45, 2.75) is 12.5 Å². The van der Waals surface area contributed by atoms with E-state index in [2.05, 4.69) is 5.32 Å². The summed E-state index contributed by atoms with van der Waals surface area (Å²) in [5, 5.41) is 20.6. The Morgan fingerprint density at radius 2 is 2.19 bits per heavy atom. The number of ether oxygens (including phenoxy) is 1. The van der Waals surface area contributed by atoms with Gasteiger partial charge >= 0.3 is 5.97 Å². The van der Waals surface area contributed by atoms with Gasteiger partial charge in [-0.25, -0.2) is 4.79 Å². The van der Waals surface area contributed by atoms with E-state index in [9.17, 15) is 9.59 Å². The fraction of sp³-hybridized carbons (Fsp3) is 0.286. The Balaban J connectivity index is 2.15. The molecule has 6 nitrogen and oxygen atoms in total. The quantitative estimate of drug-likeness (QED) is 0.756. The van der Waals surface area contributed by atoms with Crippen molar-refractivity contribution in [1.82, 2.24) is 5.32 Å². The van der Waals surface area contributed by atoms with Crippen LogP contribution in [-0.4, -0.2) is 41.3 Å². The second kappa shape index (κ2) is 6.60. The molecule has 3 N–H and O–H groups in total. The average Bonchev–Trinajstić information content (AvgIpc) is 2.45. The topological polar surface area (TPSA) is 95.9 Å². The minimum atomic E-state index is -1.20. The van der Waals surface area contributed by atoms with Crippen molar-refractivity contribution >= 4 is 29.6 Å². The highest BCUT2D eigenvalue weighted by Gasteiger charge is 2.23. The molecule has 0 radical (unpaired) electrons. The molecule has 0 bridgehead atoms. The molecule has 0 spiro atoms. The normalized spacial score (nSPS) is 14.5. The molecule has 0 fully saturated rings. The molecule has 0 aromatic heterocycles. The standard InChI is InChI=1S/C14H14ClNO5/c15-10-1-2-12-8(6-10)5-9(7-21-12)13(18)16-11(3-4-17)14(19)20/h1-2,5-6,11,17H,3-4,7H2,(H,16,18)(H,19,20)/t11-/m1/s1.